The van der Waals surface area contributed by atoms with Crippen molar-refractivity contribution in [1.82, 2.24) is 19.8 Å². The van der Waals surface area contributed by atoms with Crippen LogP contribution in [0, 0.1) is 0 Å². The van der Waals surface area contributed by atoms with Gasteiger partial charge in [-0.3, -0.25) is 4.79 Å². The molecular formula is C21H19N5O3S. The topological polar surface area (TPSA) is 90.6 Å². The molecule has 0 spiro atoms. The third-order valence-corrected chi connectivity index (χ3v) is 5.22. The Hall–Kier alpha value is -3.59. The van der Waals surface area contributed by atoms with E-state index in [9.17, 15) is 4.79 Å². The third kappa shape index (κ3) is 4.20. The number of aromatic nitrogens is 4. The smallest absolute Gasteiger partial charge is 0.234 e. The van der Waals surface area contributed by atoms with Crippen molar-refractivity contribution in [1.29, 1.82) is 0 Å². The Morgan fingerprint density at radius 3 is 2.73 bits per heavy atom. The predicted molar refractivity (Wildman–Crippen MR) is 115 cm³/mol. The first-order chi connectivity index (χ1) is 14.7. The number of benzene rings is 2. The summed E-state index contributed by atoms with van der Waals surface area (Å²) in [6, 6.07) is 18.5. The van der Waals surface area contributed by atoms with Crippen LogP contribution in [0.2, 0.25) is 0 Å². The first-order valence-electron chi connectivity index (χ1n) is 9.10. The molecule has 0 bridgehead atoms. The Bertz CT molecular complexity index is 1190. The van der Waals surface area contributed by atoms with Crippen LogP contribution < -0.4 is 14.8 Å². The molecule has 0 aliphatic carbocycles. The van der Waals surface area contributed by atoms with Crippen molar-refractivity contribution < 1.29 is 14.3 Å². The van der Waals surface area contributed by atoms with E-state index in [1.807, 2.05) is 48.5 Å². The Morgan fingerprint density at radius 2 is 1.90 bits per heavy atom. The molecule has 1 N–H and O–H groups in total. The van der Waals surface area contributed by atoms with Gasteiger partial charge in [0.25, 0.3) is 0 Å². The van der Waals surface area contributed by atoms with E-state index in [0.29, 0.717) is 22.2 Å². The van der Waals surface area contributed by atoms with Crippen LogP contribution >= 0.6 is 11.8 Å². The molecule has 8 nitrogen and oxygen atoms in total. The van der Waals surface area contributed by atoms with Crippen LogP contribution in [0.1, 0.15) is 0 Å². The molecule has 152 valence electrons. The van der Waals surface area contributed by atoms with Crippen molar-refractivity contribution in [2.75, 3.05) is 25.3 Å². The van der Waals surface area contributed by atoms with E-state index < -0.39 is 0 Å². The molecule has 0 unspecified atom stereocenters. The van der Waals surface area contributed by atoms with Crippen LogP contribution in [0.4, 0.5) is 5.69 Å². The summed E-state index contributed by atoms with van der Waals surface area (Å²) in [6.45, 7) is 0. The maximum Gasteiger partial charge on any atom is 0.234 e. The van der Waals surface area contributed by atoms with Crippen LogP contribution in [0.5, 0.6) is 11.5 Å². The van der Waals surface area contributed by atoms with Gasteiger partial charge in [0.1, 0.15) is 11.5 Å². The number of anilines is 1. The number of hydrogen-bond donors (Lipinski definition) is 1. The van der Waals surface area contributed by atoms with E-state index >= 15 is 0 Å². The zero-order valence-electron chi connectivity index (χ0n) is 16.4. The summed E-state index contributed by atoms with van der Waals surface area (Å²) >= 11 is 1.26. The highest BCUT2D eigenvalue weighted by Gasteiger charge is 2.13. The van der Waals surface area contributed by atoms with E-state index in [1.165, 1.54) is 11.8 Å². The van der Waals surface area contributed by atoms with Crippen molar-refractivity contribution in [3.05, 3.63) is 60.7 Å². The van der Waals surface area contributed by atoms with Crippen molar-refractivity contribution >= 4 is 29.0 Å². The lowest BCUT2D eigenvalue weighted by molar-refractivity contribution is -0.113. The summed E-state index contributed by atoms with van der Waals surface area (Å²) in [5.74, 6) is 1.41. The van der Waals surface area contributed by atoms with Gasteiger partial charge >= 0.3 is 0 Å². The van der Waals surface area contributed by atoms with Crippen LogP contribution in [0.25, 0.3) is 16.9 Å². The minimum atomic E-state index is -0.161. The third-order valence-electron chi connectivity index (χ3n) is 4.30. The van der Waals surface area contributed by atoms with Gasteiger partial charge in [0.2, 0.25) is 11.1 Å². The first kappa shape index (κ1) is 19.7. The van der Waals surface area contributed by atoms with Crippen LogP contribution in [-0.2, 0) is 4.79 Å². The average Bonchev–Trinajstić information content (AvgIpc) is 3.20. The predicted octanol–water partition coefficient (Wildman–Crippen LogP) is 3.54. The number of amides is 1. The van der Waals surface area contributed by atoms with Crippen LogP contribution in [0.15, 0.2) is 65.8 Å². The Morgan fingerprint density at radius 1 is 1.03 bits per heavy atom. The second-order valence-electron chi connectivity index (χ2n) is 6.24. The SMILES string of the molecule is COc1cccc(NC(=O)CSc2nnc3ccc(-c4ccccc4OC)nn23)c1. The molecule has 4 rings (SSSR count). The molecule has 2 heterocycles. The fourth-order valence-electron chi connectivity index (χ4n) is 2.89. The molecule has 0 radical (unpaired) electrons. The van der Waals surface area contributed by atoms with E-state index in [1.54, 1.807) is 30.9 Å². The Kier molecular flexibility index (Phi) is 5.80. The molecule has 2 aromatic carbocycles. The minimum Gasteiger partial charge on any atom is -0.497 e. The molecule has 30 heavy (non-hydrogen) atoms. The maximum atomic E-state index is 12.3. The lowest BCUT2D eigenvalue weighted by Gasteiger charge is -2.08. The molecule has 0 atom stereocenters. The van der Waals surface area contributed by atoms with Crippen LogP contribution in [-0.4, -0.2) is 45.7 Å². The van der Waals surface area contributed by atoms with E-state index in [0.717, 1.165) is 17.0 Å². The van der Waals surface area contributed by atoms with Crippen molar-refractivity contribution in [3.8, 4) is 22.8 Å². The molecule has 0 saturated carbocycles. The maximum absolute atomic E-state index is 12.3. The molecule has 0 aliphatic rings. The first-order valence-corrected chi connectivity index (χ1v) is 10.1. The number of hydrogen-bond acceptors (Lipinski definition) is 7. The van der Waals surface area contributed by atoms with E-state index in [4.69, 9.17) is 9.47 Å². The van der Waals surface area contributed by atoms with Gasteiger partial charge in [-0.2, -0.15) is 9.61 Å². The summed E-state index contributed by atoms with van der Waals surface area (Å²) < 4.78 is 12.2. The largest absolute Gasteiger partial charge is 0.497 e. The van der Waals surface area contributed by atoms with Crippen LogP contribution in [0.3, 0.4) is 0 Å². The number of methoxy groups -OCH3 is 2. The minimum absolute atomic E-state index is 0.161. The van der Waals surface area contributed by atoms with Crippen molar-refractivity contribution in [2.45, 2.75) is 5.16 Å². The van der Waals surface area contributed by atoms with Gasteiger partial charge in [-0.15, -0.1) is 10.2 Å². The quantitative estimate of drug-likeness (QED) is 0.457. The summed E-state index contributed by atoms with van der Waals surface area (Å²) in [5.41, 5.74) is 2.86. The highest BCUT2D eigenvalue weighted by molar-refractivity contribution is 7.99. The normalized spacial score (nSPS) is 10.7. The molecule has 1 amide bonds. The molecule has 9 heteroatoms. The zero-order valence-corrected chi connectivity index (χ0v) is 17.2. The second kappa shape index (κ2) is 8.83. The molecular weight excluding hydrogens is 402 g/mol. The molecule has 2 aromatic heterocycles. The molecule has 0 fully saturated rings. The number of nitrogens with zero attached hydrogens (tertiary/aromatic N) is 4. The number of para-hydroxylation sites is 1. The standard InChI is InChI=1S/C21H19N5O3S/c1-28-15-7-5-6-14(12-15)22-20(27)13-30-21-24-23-19-11-10-17(25-26(19)21)16-8-3-4-9-18(16)29-2/h3-12H,13H2,1-2H3,(H,22,27). The van der Waals surface area contributed by atoms with Gasteiger partial charge in [0, 0.05) is 17.3 Å². The number of carbonyl (C=O) groups is 1. The molecule has 4 aromatic rings. The summed E-state index contributed by atoms with van der Waals surface area (Å²) in [7, 11) is 3.21. The number of thioether (sulfide) groups is 1. The van der Waals surface area contributed by atoms with Gasteiger partial charge in [-0.1, -0.05) is 30.0 Å². The highest BCUT2D eigenvalue weighted by atomic mass is 32.2. The lowest BCUT2D eigenvalue weighted by atomic mass is 10.1. The summed E-state index contributed by atoms with van der Waals surface area (Å²) in [4.78, 5) is 12.3. The van der Waals surface area contributed by atoms with Crippen molar-refractivity contribution in [2.24, 2.45) is 0 Å². The Balaban J connectivity index is 1.51. The van der Waals surface area contributed by atoms with Gasteiger partial charge in [-0.05, 0) is 36.4 Å². The average molecular weight is 421 g/mol. The van der Waals surface area contributed by atoms with Gasteiger partial charge < -0.3 is 14.8 Å². The molecule has 0 saturated heterocycles. The Labute approximate surface area is 177 Å². The summed E-state index contributed by atoms with van der Waals surface area (Å²) in [6.07, 6.45) is 0. The number of nitrogens with one attached hydrogen (secondary N) is 1. The van der Waals surface area contributed by atoms with E-state index in [2.05, 4.69) is 20.6 Å². The number of carbonyl (C=O) groups excluding carboxylic acids is 1. The molecule has 0 aliphatic heterocycles. The van der Waals surface area contributed by atoms with Crippen molar-refractivity contribution in [3.63, 3.8) is 0 Å². The zero-order chi connectivity index (χ0) is 20.9. The second-order valence-corrected chi connectivity index (χ2v) is 7.18. The lowest BCUT2D eigenvalue weighted by Crippen LogP contribution is -2.14. The number of fused-ring (bicyclic) bond motifs is 1. The fourth-order valence-corrected chi connectivity index (χ4v) is 3.57. The van der Waals surface area contributed by atoms with Gasteiger partial charge in [-0.25, -0.2) is 0 Å². The fraction of sp³-hybridized carbons (Fsp3) is 0.143. The van der Waals surface area contributed by atoms with E-state index in [-0.39, 0.29) is 11.7 Å². The highest BCUT2D eigenvalue weighted by Crippen LogP contribution is 2.28. The van der Waals surface area contributed by atoms with Gasteiger partial charge in [0.15, 0.2) is 5.65 Å². The number of rotatable bonds is 7. The number of ether oxygens (including phenoxy) is 2. The van der Waals surface area contributed by atoms with Gasteiger partial charge in [0.05, 0.1) is 25.7 Å². The summed E-state index contributed by atoms with van der Waals surface area (Å²) in [5, 5.41) is 16.3. The monoisotopic (exact) mass is 421 g/mol.